The lowest BCUT2D eigenvalue weighted by atomic mass is 10.2. The number of hydrogen-bond acceptors (Lipinski definition) is 6. The molecule has 0 aromatic heterocycles. The van der Waals surface area contributed by atoms with Crippen LogP contribution in [0.1, 0.15) is 15.9 Å². The minimum Gasteiger partial charge on any atom is -0.495 e. The van der Waals surface area contributed by atoms with E-state index in [9.17, 15) is 27.7 Å². The van der Waals surface area contributed by atoms with Crippen molar-refractivity contribution in [1.82, 2.24) is 0 Å². The third-order valence-electron chi connectivity index (χ3n) is 4.47. The number of carbonyl (C=O) groups excluding carboxylic acids is 1. The fourth-order valence-corrected chi connectivity index (χ4v) is 3.88. The Kier molecular flexibility index (Phi) is 6.40. The number of nitro groups is 1. The molecule has 0 atom stereocenters. The first-order valence-corrected chi connectivity index (χ1v) is 10.6. The Morgan fingerprint density at radius 1 is 1.09 bits per heavy atom. The highest BCUT2D eigenvalue weighted by Gasteiger charge is 2.20. The summed E-state index contributed by atoms with van der Waals surface area (Å²) in [7, 11) is -2.93. The van der Waals surface area contributed by atoms with Crippen molar-refractivity contribution in [1.29, 1.82) is 0 Å². The van der Waals surface area contributed by atoms with Crippen molar-refractivity contribution in [3.05, 3.63) is 87.7 Å². The fourth-order valence-electron chi connectivity index (χ4n) is 2.77. The van der Waals surface area contributed by atoms with Crippen molar-refractivity contribution in [2.24, 2.45) is 0 Å². The average Bonchev–Trinajstić information content (AvgIpc) is 2.76. The van der Waals surface area contributed by atoms with Crippen molar-refractivity contribution >= 4 is 33.0 Å². The molecule has 0 aliphatic carbocycles. The van der Waals surface area contributed by atoms with E-state index >= 15 is 0 Å². The fraction of sp³-hybridized carbons (Fsp3) is 0.0952. The minimum atomic E-state index is -4.22. The molecule has 0 bridgehead atoms. The van der Waals surface area contributed by atoms with E-state index in [1.807, 2.05) is 0 Å². The van der Waals surface area contributed by atoms with Gasteiger partial charge < -0.3 is 10.1 Å². The Balaban J connectivity index is 1.88. The normalized spacial score (nSPS) is 11.0. The van der Waals surface area contributed by atoms with Crippen molar-refractivity contribution in [2.45, 2.75) is 11.8 Å². The summed E-state index contributed by atoms with van der Waals surface area (Å²) in [6.07, 6.45) is 0. The standard InChI is InChI=1S/C21H18FN3O6S/c1-13-6-7-15(11-18(13)22)23-21(26)14-4-3-5-17(10-14)32(29,30)24-19-12-16(25(27)28)8-9-20(19)31-2/h3-12,24H,1-2H3,(H,23,26). The number of benzene rings is 3. The molecule has 9 nitrogen and oxygen atoms in total. The van der Waals surface area contributed by atoms with E-state index in [2.05, 4.69) is 10.0 Å². The molecule has 0 aliphatic rings. The maximum Gasteiger partial charge on any atom is 0.271 e. The molecule has 11 heteroatoms. The lowest BCUT2D eigenvalue weighted by molar-refractivity contribution is -0.384. The smallest absolute Gasteiger partial charge is 0.271 e. The average molecular weight is 459 g/mol. The van der Waals surface area contributed by atoms with Gasteiger partial charge in [0.15, 0.2) is 0 Å². The van der Waals surface area contributed by atoms with Gasteiger partial charge >= 0.3 is 0 Å². The number of ether oxygens (including phenoxy) is 1. The maximum atomic E-state index is 13.7. The van der Waals surface area contributed by atoms with E-state index in [1.54, 1.807) is 6.92 Å². The third-order valence-corrected chi connectivity index (χ3v) is 5.84. The number of anilines is 2. The molecule has 0 saturated carbocycles. The second-order valence-electron chi connectivity index (χ2n) is 6.69. The van der Waals surface area contributed by atoms with E-state index in [-0.39, 0.29) is 33.3 Å². The summed E-state index contributed by atoms with van der Waals surface area (Å²) in [5, 5.41) is 13.5. The van der Waals surface area contributed by atoms with Gasteiger partial charge in [0.25, 0.3) is 21.6 Å². The molecule has 0 fully saturated rings. The molecule has 2 N–H and O–H groups in total. The summed E-state index contributed by atoms with van der Waals surface area (Å²) in [5.41, 5.74) is 0.179. The van der Waals surface area contributed by atoms with Crippen LogP contribution in [0.3, 0.4) is 0 Å². The zero-order valence-corrected chi connectivity index (χ0v) is 17.8. The first-order valence-electron chi connectivity index (χ1n) is 9.13. The molecule has 0 spiro atoms. The Hall–Kier alpha value is -3.99. The topological polar surface area (TPSA) is 128 Å². The number of hydrogen-bond donors (Lipinski definition) is 2. The Morgan fingerprint density at radius 3 is 2.50 bits per heavy atom. The molecule has 0 aliphatic heterocycles. The van der Waals surface area contributed by atoms with Crippen LogP contribution in [0.25, 0.3) is 0 Å². The number of sulfonamides is 1. The van der Waals surface area contributed by atoms with Crippen LogP contribution >= 0.6 is 0 Å². The van der Waals surface area contributed by atoms with Crippen LogP contribution in [0.4, 0.5) is 21.5 Å². The van der Waals surface area contributed by atoms with Gasteiger partial charge in [0.2, 0.25) is 0 Å². The van der Waals surface area contributed by atoms with Crippen LogP contribution in [-0.2, 0) is 10.0 Å². The number of halogens is 1. The predicted octanol–water partition coefficient (Wildman–Crippen LogP) is 4.10. The van der Waals surface area contributed by atoms with Crippen molar-refractivity contribution in [3.63, 3.8) is 0 Å². The Labute approximate surface area is 183 Å². The zero-order valence-electron chi connectivity index (χ0n) is 17.0. The van der Waals surface area contributed by atoms with Gasteiger partial charge in [-0.25, -0.2) is 12.8 Å². The molecule has 0 radical (unpaired) electrons. The van der Waals surface area contributed by atoms with Crippen LogP contribution in [0.15, 0.2) is 65.6 Å². The predicted molar refractivity (Wildman–Crippen MR) is 116 cm³/mol. The summed E-state index contributed by atoms with van der Waals surface area (Å²) in [6.45, 7) is 1.58. The molecule has 0 unspecified atom stereocenters. The molecule has 3 aromatic carbocycles. The van der Waals surface area contributed by atoms with Crippen molar-refractivity contribution in [3.8, 4) is 5.75 Å². The van der Waals surface area contributed by atoms with Crippen LogP contribution in [-0.4, -0.2) is 26.4 Å². The lowest BCUT2D eigenvalue weighted by Crippen LogP contribution is -2.16. The number of nitrogens with zero attached hydrogens (tertiary/aromatic N) is 1. The molecule has 1 amide bonds. The second kappa shape index (κ2) is 9.02. The first-order chi connectivity index (χ1) is 15.1. The number of aryl methyl sites for hydroxylation is 1. The molecular formula is C21H18FN3O6S. The Bertz CT molecular complexity index is 1310. The molecule has 3 rings (SSSR count). The highest BCUT2D eigenvalue weighted by atomic mass is 32.2. The van der Waals surface area contributed by atoms with Gasteiger partial charge in [-0.1, -0.05) is 12.1 Å². The van der Waals surface area contributed by atoms with E-state index in [1.165, 1.54) is 49.6 Å². The highest BCUT2D eigenvalue weighted by Crippen LogP contribution is 2.31. The SMILES string of the molecule is COc1ccc([N+](=O)[O-])cc1NS(=O)(=O)c1cccc(C(=O)Nc2ccc(C)c(F)c2)c1. The lowest BCUT2D eigenvalue weighted by Gasteiger charge is -2.12. The summed E-state index contributed by atoms with van der Waals surface area (Å²) in [6, 6.07) is 12.8. The molecule has 32 heavy (non-hydrogen) atoms. The number of methoxy groups -OCH3 is 1. The highest BCUT2D eigenvalue weighted by molar-refractivity contribution is 7.92. The van der Waals surface area contributed by atoms with Gasteiger partial charge in [0, 0.05) is 23.4 Å². The zero-order chi connectivity index (χ0) is 23.5. The van der Waals surface area contributed by atoms with E-state index in [0.717, 1.165) is 18.2 Å². The van der Waals surface area contributed by atoms with E-state index < -0.39 is 26.7 Å². The summed E-state index contributed by atoms with van der Waals surface area (Å²) in [5.74, 6) is -1.05. The summed E-state index contributed by atoms with van der Waals surface area (Å²) < 4.78 is 46.7. The number of amides is 1. The van der Waals surface area contributed by atoms with E-state index in [4.69, 9.17) is 4.74 Å². The molecule has 0 heterocycles. The first kappa shape index (κ1) is 22.7. The van der Waals surface area contributed by atoms with Crippen LogP contribution in [0, 0.1) is 22.9 Å². The Morgan fingerprint density at radius 2 is 1.84 bits per heavy atom. The molecule has 3 aromatic rings. The van der Waals surface area contributed by atoms with Gasteiger partial charge in [-0.05, 0) is 48.9 Å². The number of nitro benzene ring substituents is 1. The van der Waals surface area contributed by atoms with Gasteiger partial charge in [0.05, 0.1) is 22.6 Å². The monoisotopic (exact) mass is 459 g/mol. The number of rotatable bonds is 7. The van der Waals surface area contributed by atoms with Gasteiger partial charge in [-0.2, -0.15) is 0 Å². The number of carbonyl (C=O) groups is 1. The number of nitrogens with one attached hydrogen (secondary N) is 2. The van der Waals surface area contributed by atoms with Gasteiger partial charge in [-0.3, -0.25) is 19.6 Å². The molecular weight excluding hydrogens is 441 g/mol. The van der Waals surface area contributed by atoms with E-state index in [0.29, 0.717) is 5.56 Å². The van der Waals surface area contributed by atoms with Crippen LogP contribution < -0.4 is 14.8 Å². The van der Waals surface area contributed by atoms with Crippen LogP contribution in [0.2, 0.25) is 0 Å². The van der Waals surface area contributed by atoms with Gasteiger partial charge in [-0.15, -0.1) is 0 Å². The minimum absolute atomic E-state index is 0.0138. The third kappa shape index (κ3) is 5.01. The second-order valence-corrected chi connectivity index (χ2v) is 8.38. The van der Waals surface area contributed by atoms with Crippen molar-refractivity contribution < 1.29 is 27.3 Å². The van der Waals surface area contributed by atoms with Gasteiger partial charge in [0.1, 0.15) is 11.6 Å². The summed E-state index contributed by atoms with van der Waals surface area (Å²) in [4.78, 5) is 22.6. The van der Waals surface area contributed by atoms with Crippen molar-refractivity contribution in [2.75, 3.05) is 17.1 Å². The molecule has 166 valence electrons. The molecule has 0 saturated heterocycles. The quantitative estimate of drug-likeness (QED) is 0.404. The maximum absolute atomic E-state index is 13.7. The summed E-state index contributed by atoms with van der Waals surface area (Å²) >= 11 is 0. The number of non-ortho nitro benzene ring substituents is 1. The largest absolute Gasteiger partial charge is 0.495 e. The van der Waals surface area contributed by atoms with Crippen LogP contribution in [0.5, 0.6) is 5.75 Å².